The average Bonchev–Trinajstić information content (AvgIpc) is 2.99. The lowest BCUT2D eigenvalue weighted by Gasteiger charge is -2.35. The second-order valence-electron chi connectivity index (χ2n) is 11.1. The molecule has 0 bridgehead atoms. The third kappa shape index (κ3) is 12.3. The minimum absolute atomic E-state index is 0.208. The van der Waals surface area contributed by atoms with Crippen molar-refractivity contribution in [3.8, 4) is 12.1 Å². The van der Waals surface area contributed by atoms with E-state index in [1.54, 1.807) is 20.8 Å². The van der Waals surface area contributed by atoms with E-state index in [2.05, 4.69) is 53.6 Å². The topological polar surface area (TPSA) is 137 Å². The molecule has 43 heavy (non-hydrogen) atoms. The van der Waals surface area contributed by atoms with Crippen LogP contribution >= 0.6 is 0 Å². The first-order chi connectivity index (χ1) is 20.4. The zero-order valence-corrected chi connectivity index (χ0v) is 26.8. The molecule has 0 radical (unpaired) electrons. The largest absolute Gasteiger partial charge is 0.465 e. The van der Waals surface area contributed by atoms with Crippen molar-refractivity contribution in [1.82, 2.24) is 9.97 Å². The molecule has 9 nitrogen and oxygen atoms in total. The highest BCUT2D eigenvalue weighted by Crippen LogP contribution is 2.33. The van der Waals surface area contributed by atoms with Crippen molar-refractivity contribution >= 4 is 17.6 Å². The number of aromatic nitrogens is 2. The summed E-state index contributed by atoms with van der Waals surface area (Å²) in [5, 5.41) is 37.2. The van der Waals surface area contributed by atoms with Gasteiger partial charge in [-0.1, -0.05) is 45.9 Å². The molecular weight excluding hydrogens is 540 g/mol. The summed E-state index contributed by atoms with van der Waals surface area (Å²) < 4.78 is 0. The summed E-state index contributed by atoms with van der Waals surface area (Å²) in [5.74, 6) is 0.878. The van der Waals surface area contributed by atoms with Crippen LogP contribution in [0, 0.1) is 41.4 Å². The van der Waals surface area contributed by atoms with Crippen LogP contribution in [0.3, 0.4) is 0 Å². The highest BCUT2D eigenvalue weighted by Gasteiger charge is 2.29. The minimum Gasteiger partial charge on any atom is -0.465 e. The molecule has 1 fully saturated rings. The summed E-state index contributed by atoms with van der Waals surface area (Å²) in [6.07, 6.45) is 10.9. The van der Waals surface area contributed by atoms with Gasteiger partial charge in [0.2, 0.25) is 0 Å². The highest BCUT2D eigenvalue weighted by atomic mass is 16.4. The molecule has 1 amide bonds. The fourth-order valence-corrected chi connectivity index (χ4v) is 4.78. The molecule has 1 saturated carbocycles. The number of hydrogen-bond donors (Lipinski definition) is 2. The van der Waals surface area contributed by atoms with Crippen LogP contribution < -0.4 is 9.80 Å². The van der Waals surface area contributed by atoms with Crippen LogP contribution in [0.2, 0.25) is 0 Å². The van der Waals surface area contributed by atoms with Gasteiger partial charge in [0, 0.05) is 30.5 Å². The summed E-state index contributed by atoms with van der Waals surface area (Å²) in [4.78, 5) is 24.1. The minimum atomic E-state index is -1.14. The molecular formula is C34H48N6O3. The lowest BCUT2D eigenvalue weighted by Crippen LogP contribution is -2.38. The number of rotatable bonds is 9. The van der Waals surface area contributed by atoms with Gasteiger partial charge in [0.25, 0.3) is 0 Å². The number of anilines is 2. The van der Waals surface area contributed by atoms with Crippen molar-refractivity contribution in [2.75, 3.05) is 22.9 Å². The quantitative estimate of drug-likeness (QED) is 0.284. The van der Waals surface area contributed by atoms with E-state index < -0.39 is 11.7 Å². The maximum absolute atomic E-state index is 12.1. The zero-order valence-electron chi connectivity index (χ0n) is 26.8. The zero-order chi connectivity index (χ0) is 32.6. The number of hydrogen-bond acceptors (Lipinski definition) is 7. The van der Waals surface area contributed by atoms with Gasteiger partial charge in [0.1, 0.15) is 5.60 Å². The van der Waals surface area contributed by atoms with Gasteiger partial charge < -0.3 is 15.1 Å². The summed E-state index contributed by atoms with van der Waals surface area (Å²) in [7, 11) is 0. The van der Waals surface area contributed by atoms with Crippen molar-refractivity contribution in [3.05, 3.63) is 71.8 Å². The summed E-state index contributed by atoms with van der Waals surface area (Å²) in [6.45, 7) is 17.5. The molecule has 2 atom stereocenters. The Bertz CT molecular complexity index is 1290. The molecule has 9 heteroatoms. The Morgan fingerprint density at radius 3 is 2.28 bits per heavy atom. The van der Waals surface area contributed by atoms with Gasteiger partial charge in [0.05, 0.1) is 35.8 Å². The second kappa shape index (κ2) is 18.4. The van der Waals surface area contributed by atoms with Gasteiger partial charge in [-0.25, -0.2) is 9.78 Å². The van der Waals surface area contributed by atoms with Crippen molar-refractivity contribution in [2.45, 2.75) is 86.2 Å². The van der Waals surface area contributed by atoms with Crippen LogP contribution in [-0.2, 0) is 5.60 Å². The standard InChI is InChI=1S/C28H37N5O3.C4H5N.C2H6/c1-5-6-12-32(24-14-21(15-29)11-10-20(24)2)18-22-8-7-9-23(13-22)19-33(27(34)35)26-17-30-25(16-31-26)28(3,4)36;1-4(2)3-5;1-2/h6,10-12,14,16-17,22-23,36H,5,7-9,13,18-19H2,1-4H3,(H,34,35);1H2,2H3;1-2H3/b12-6-;;. The van der Waals surface area contributed by atoms with Gasteiger partial charge >= 0.3 is 6.09 Å². The predicted octanol–water partition coefficient (Wildman–Crippen LogP) is 7.72. The lowest BCUT2D eigenvalue weighted by molar-refractivity contribution is 0.0734. The average molecular weight is 589 g/mol. The van der Waals surface area contributed by atoms with Crippen LogP contribution in [0.15, 0.2) is 55.0 Å². The molecule has 2 unspecified atom stereocenters. The number of nitrogens with zero attached hydrogens (tertiary/aromatic N) is 6. The Hall–Kier alpha value is -4.21. The fourth-order valence-electron chi connectivity index (χ4n) is 4.78. The van der Waals surface area contributed by atoms with E-state index in [0.717, 1.165) is 49.9 Å². The molecule has 0 saturated heterocycles. The molecule has 0 aliphatic heterocycles. The SMILES string of the molecule is C=C(C)C#N.CC.CC/C=C\N(CC1CCCC(CN(C(=O)O)c2cnc(C(C)(C)O)cn2)C1)c1cc(C#N)ccc1C. The van der Waals surface area contributed by atoms with Crippen molar-refractivity contribution < 1.29 is 15.0 Å². The van der Waals surface area contributed by atoms with Crippen LogP contribution in [0.5, 0.6) is 0 Å². The van der Waals surface area contributed by atoms with Gasteiger partial charge in [-0.15, -0.1) is 0 Å². The van der Waals surface area contributed by atoms with E-state index in [4.69, 9.17) is 5.26 Å². The lowest BCUT2D eigenvalue weighted by atomic mass is 9.80. The molecule has 1 heterocycles. The molecule has 1 aliphatic rings. The molecule has 2 N–H and O–H groups in total. The van der Waals surface area contributed by atoms with Crippen LogP contribution in [-0.4, -0.2) is 39.4 Å². The predicted molar refractivity (Wildman–Crippen MR) is 173 cm³/mol. The number of benzene rings is 1. The fraction of sp³-hybridized carbons (Fsp3) is 0.500. The molecule has 3 rings (SSSR count). The Morgan fingerprint density at radius 2 is 1.79 bits per heavy atom. The molecule has 0 spiro atoms. The van der Waals surface area contributed by atoms with Crippen LogP contribution in [0.1, 0.15) is 90.5 Å². The van der Waals surface area contributed by atoms with Gasteiger partial charge in [-0.05, 0) is 82.9 Å². The van der Waals surface area contributed by atoms with E-state index in [0.29, 0.717) is 29.3 Å². The highest BCUT2D eigenvalue weighted by molar-refractivity contribution is 5.84. The number of nitriles is 2. The molecule has 2 aromatic rings. The van der Waals surface area contributed by atoms with Gasteiger partial charge in [0.15, 0.2) is 5.82 Å². The number of aryl methyl sites for hydroxylation is 1. The molecule has 232 valence electrons. The van der Waals surface area contributed by atoms with Crippen molar-refractivity contribution in [1.29, 1.82) is 10.5 Å². The van der Waals surface area contributed by atoms with E-state index in [1.165, 1.54) is 17.3 Å². The third-order valence-electron chi connectivity index (χ3n) is 6.92. The number of allylic oxidation sites excluding steroid dienone is 2. The number of aliphatic hydroxyl groups is 1. The second-order valence-corrected chi connectivity index (χ2v) is 11.1. The Kier molecular flexibility index (Phi) is 15.7. The van der Waals surface area contributed by atoms with E-state index >= 15 is 0 Å². The smallest absolute Gasteiger partial charge is 0.413 e. The Morgan fingerprint density at radius 1 is 1.16 bits per heavy atom. The first-order valence-corrected chi connectivity index (χ1v) is 14.9. The molecule has 1 aliphatic carbocycles. The monoisotopic (exact) mass is 588 g/mol. The summed E-state index contributed by atoms with van der Waals surface area (Å²) in [5.41, 5.74) is 2.61. The first kappa shape index (κ1) is 36.8. The summed E-state index contributed by atoms with van der Waals surface area (Å²) in [6, 6.07) is 9.84. The number of amides is 1. The normalized spacial score (nSPS) is 16.0. The maximum atomic E-state index is 12.1. The van der Waals surface area contributed by atoms with Crippen LogP contribution in [0.25, 0.3) is 0 Å². The Labute approximate surface area is 257 Å². The van der Waals surface area contributed by atoms with Gasteiger partial charge in [-0.2, -0.15) is 10.5 Å². The number of carboxylic acid groups (broad SMARTS) is 1. The van der Waals surface area contributed by atoms with Crippen molar-refractivity contribution in [3.63, 3.8) is 0 Å². The number of carbonyl (C=O) groups is 1. The van der Waals surface area contributed by atoms with Crippen LogP contribution in [0.4, 0.5) is 16.3 Å². The molecule has 1 aromatic heterocycles. The van der Waals surface area contributed by atoms with E-state index in [9.17, 15) is 20.3 Å². The van der Waals surface area contributed by atoms with E-state index in [1.807, 2.05) is 38.1 Å². The first-order valence-electron chi connectivity index (χ1n) is 14.9. The van der Waals surface area contributed by atoms with E-state index in [-0.39, 0.29) is 11.7 Å². The Balaban J connectivity index is 0.00000120. The molecule has 1 aromatic carbocycles. The third-order valence-corrected chi connectivity index (χ3v) is 6.92. The van der Waals surface area contributed by atoms with Crippen molar-refractivity contribution in [2.24, 2.45) is 11.8 Å². The maximum Gasteiger partial charge on any atom is 0.413 e. The van der Waals surface area contributed by atoms with Gasteiger partial charge in [-0.3, -0.25) is 9.88 Å². The summed E-state index contributed by atoms with van der Waals surface area (Å²) >= 11 is 0.